The molecule has 40 heavy (non-hydrogen) atoms. The second-order valence-electron chi connectivity index (χ2n) is 8.85. The smallest absolute Gasteiger partial charge is 0.379 e. The third-order valence-corrected chi connectivity index (χ3v) is 7.37. The zero-order valence-electron chi connectivity index (χ0n) is 21.2. The maximum atomic E-state index is 13.5. The van der Waals surface area contributed by atoms with Crippen LogP contribution in [0.1, 0.15) is 26.6 Å². The van der Waals surface area contributed by atoms with Gasteiger partial charge < -0.3 is 19.0 Å². The van der Waals surface area contributed by atoms with Crippen molar-refractivity contribution in [3.05, 3.63) is 104 Å². The van der Waals surface area contributed by atoms with Gasteiger partial charge in [-0.05, 0) is 64.5 Å². The quantitative estimate of drug-likeness (QED) is 0.0794. The van der Waals surface area contributed by atoms with E-state index in [2.05, 4.69) is 47.4 Å². The first kappa shape index (κ1) is 27.7. The number of nitrogens with one attached hydrogen (secondary N) is 2. The third kappa shape index (κ3) is 5.70. The molecule has 0 aliphatic carbocycles. The highest BCUT2D eigenvalue weighted by Gasteiger charge is 2.22. The van der Waals surface area contributed by atoms with E-state index in [1.54, 1.807) is 24.3 Å². The van der Waals surface area contributed by atoms with Crippen LogP contribution < -0.4 is 15.1 Å². The van der Waals surface area contributed by atoms with Crippen LogP contribution in [0.5, 0.6) is 5.75 Å². The minimum atomic E-state index is -0.675. The van der Waals surface area contributed by atoms with E-state index in [0.717, 1.165) is 16.6 Å². The number of halogens is 3. The molecule has 0 bridgehead atoms. The molecule has 2 aromatic heterocycles. The summed E-state index contributed by atoms with van der Waals surface area (Å²) >= 11 is 13.4. The molecule has 0 saturated heterocycles. The van der Waals surface area contributed by atoms with Gasteiger partial charge in [-0.3, -0.25) is 4.79 Å². The number of benzene rings is 3. The van der Waals surface area contributed by atoms with E-state index < -0.39 is 11.9 Å². The number of ether oxygens (including phenoxy) is 1. The van der Waals surface area contributed by atoms with E-state index in [1.807, 2.05) is 55.4 Å². The van der Waals surface area contributed by atoms with Crippen molar-refractivity contribution >= 4 is 78.1 Å². The molecule has 0 saturated carbocycles. The number of esters is 1. The summed E-state index contributed by atoms with van der Waals surface area (Å²) in [7, 11) is 3.90. The molecular formula is C29H21Br2ClN4O4. The van der Waals surface area contributed by atoms with Gasteiger partial charge in [0.15, 0.2) is 5.75 Å². The van der Waals surface area contributed by atoms with Crippen molar-refractivity contribution < 1.29 is 18.7 Å². The topological polar surface area (TPSA) is 99.9 Å². The first-order chi connectivity index (χ1) is 19.2. The molecule has 3 aromatic carbocycles. The highest BCUT2D eigenvalue weighted by molar-refractivity contribution is 9.11. The van der Waals surface area contributed by atoms with Crippen LogP contribution in [0.15, 0.2) is 91.5 Å². The third-order valence-electron chi connectivity index (χ3n) is 5.99. The number of aromatic nitrogens is 1. The summed E-state index contributed by atoms with van der Waals surface area (Å²) in [6.07, 6.45) is 2.77. The SMILES string of the molecule is CN(C)c1ccc2[nH]c(C(=O)NN=Cc3cc(Br)cc(Br)c3OC(=O)c3ccco3)c(-c3ccccc3Cl)c2c1. The van der Waals surface area contributed by atoms with Crippen LogP contribution in [0.4, 0.5) is 5.69 Å². The highest BCUT2D eigenvalue weighted by Crippen LogP contribution is 2.38. The summed E-state index contributed by atoms with van der Waals surface area (Å²) in [5.74, 6) is -0.890. The van der Waals surface area contributed by atoms with Gasteiger partial charge in [-0.1, -0.05) is 45.7 Å². The van der Waals surface area contributed by atoms with E-state index in [-0.39, 0.29) is 11.5 Å². The van der Waals surface area contributed by atoms with E-state index in [1.165, 1.54) is 18.5 Å². The summed E-state index contributed by atoms with van der Waals surface area (Å²) in [5, 5.41) is 5.52. The number of H-pyrrole nitrogens is 1. The van der Waals surface area contributed by atoms with Crippen molar-refractivity contribution in [2.24, 2.45) is 5.10 Å². The van der Waals surface area contributed by atoms with Gasteiger partial charge in [-0.2, -0.15) is 5.10 Å². The van der Waals surface area contributed by atoms with Crippen LogP contribution >= 0.6 is 43.5 Å². The van der Waals surface area contributed by atoms with Gasteiger partial charge in [-0.15, -0.1) is 0 Å². The van der Waals surface area contributed by atoms with Gasteiger partial charge in [0.25, 0.3) is 5.91 Å². The lowest BCUT2D eigenvalue weighted by Crippen LogP contribution is -2.19. The summed E-state index contributed by atoms with van der Waals surface area (Å²) in [5.41, 5.74) is 6.43. The monoisotopic (exact) mass is 682 g/mol. The van der Waals surface area contributed by atoms with Gasteiger partial charge in [0.05, 0.1) is 17.0 Å². The lowest BCUT2D eigenvalue weighted by molar-refractivity contribution is 0.0699. The number of carbonyl (C=O) groups excluding carboxylic acids is 2. The van der Waals surface area contributed by atoms with Crippen molar-refractivity contribution in [2.75, 3.05) is 19.0 Å². The fourth-order valence-electron chi connectivity index (χ4n) is 4.11. The Hall–Kier alpha value is -3.86. The van der Waals surface area contributed by atoms with Gasteiger partial charge in [0, 0.05) is 56.9 Å². The average Bonchev–Trinajstić information content (AvgIpc) is 3.59. The van der Waals surface area contributed by atoms with Crippen molar-refractivity contribution in [3.63, 3.8) is 0 Å². The van der Waals surface area contributed by atoms with Gasteiger partial charge in [0.1, 0.15) is 5.69 Å². The molecule has 2 N–H and O–H groups in total. The lowest BCUT2D eigenvalue weighted by Gasteiger charge is -2.13. The van der Waals surface area contributed by atoms with Crippen molar-refractivity contribution in [1.29, 1.82) is 0 Å². The fraction of sp³-hybridized carbons (Fsp3) is 0.0690. The minimum absolute atomic E-state index is 0.0503. The van der Waals surface area contributed by atoms with Crippen LogP contribution in [-0.4, -0.2) is 37.2 Å². The second-order valence-corrected chi connectivity index (χ2v) is 11.0. The Bertz CT molecular complexity index is 1760. The minimum Gasteiger partial charge on any atom is -0.457 e. The Labute approximate surface area is 251 Å². The summed E-state index contributed by atoms with van der Waals surface area (Å²) < 4.78 is 11.9. The van der Waals surface area contributed by atoms with E-state index in [9.17, 15) is 9.59 Å². The predicted octanol–water partition coefficient (Wildman–Crippen LogP) is 7.66. The largest absolute Gasteiger partial charge is 0.457 e. The number of hydrogen-bond acceptors (Lipinski definition) is 6. The molecule has 202 valence electrons. The van der Waals surface area contributed by atoms with E-state index in [4.69, 9.17) is 20.8 Å². The molecule has 5 rings (SSSR count). The molecule has 0 aliphatic rings. The van der Waals surface area contributed by atoms with Crippen LogP contribution in [0.3, 0.4) is 0 Å². The van der Waals surface area contributed by atoms with Crippen molar-refractivity contribution in [3.8, 4) is 16.9 Å². The average molecular weight is 685 g/mol. The molecule has 0 aliphatic heterocycles. The first-order valence-electron chi connectivity index (χ1n) is 11.9. The number of hydrogen-bond donors (Lipinski definition) is 2. The number of nitrogens with zero attached hydrogens (tertiary/aromatic N) is 2. The van der Waals surface area contributed by atoms with Crippen molar-refractivity contribution in [2.45, 2.75) is 0 Å². The Morgan fingerprint density at radius 2 is 1.88 bits per heavy atom. The number of aromatic amines is 1. The zero-order valence-corrected chi connectivity index (χ0v) is 25.1. The van der Waals surface area contributed by atoms with Gasteiger partial charge in [-0.25, -0.2) is 10.2 Å². The predicted molar refractivity (Wildman–Crippen MR) is 164 cm³/mol. The Morgan fingerprint density at radius 3 is 2.60 bits per heavy atom. The van der Waals surface area contributed by atoms with Crippen LogP contribution in [0, 0.1) is 0 Å². The molecule has 0 fully saturated rings. The lowest BCUT2D eigenvalue weighted by atomic mass is 10.0. The number of furan rings is 1. The highest BCUT2D eigenvalue weighted by atomic mass is 79.9. The van der Waals surface area contributed by atoms with Gasteiger partial charge >= 0.3 is 5.97 Å². The second kappa shape index (κ2) is 11.7. The van der Waals surface area contributed by atoms with Crippen LogP contribution in [0.2, 0.25) is 5.02 Å². The number of hydrazone groups is 1. The summed E-state index contributed by atoms with van der Waals surface area (Å²) in [4.78, 5) is 31.2. The number of fused-ring (bicyclic) bond motifs is 1. The summed E-state index contributed by atoms with van der Waals surface area (Å²) in [6.45, 7) is 0. The molecule has 11 heteroatoms. The number of rotatable bonds is 7. The van der Waals surface area contributed by atoms with E-state index >= 15 is 0 Å². The normalized spacial score (nSPS) is 11.2. The maximum Gasteiger partial charge on any atom is 0.379 e. The molecule has 0 atom stereocenters. The molecule has 2 heterocycles. The first-order valence-corrected chi connectivity index (χ1v) is 13.9. The molecule has 8 nitrogen and oxygen atoms in total. The van der Waals surface area contributed by atoms with Gasteiger partial charge in [0.2, 0.25) is 5.76 Å². The standard InChI is InChI=1S/C29H21Br2ClN4O4/c1-36(2)18-9-10-23-20(14-18)25(19-6-3-4-7-22(19)32)26(34-23)28(37)35-33-15-16-12-17(30)13-21(31)27(16)40-29(38)24-8-5-11-39-24/h3-15,34H,1-2H3,(H,35,37). The molecule has 0 radical (unpaired) electrons. The molecule has 0 spiro atoms. The van der Waals surface area contributed by atoms with Crippen LogP contribution in [-0.2, 0) is 0 Å². The molecule has 5 aromatic rings. The Kier molecular flexibility index (Phi) is 8.11. The fourth-order valence-corrected chi connectivity index (χ4v) is 5.68. The number of anilines is 1. The maximum absolute atomic E-state index is 13.5. The molecule has 1 amide bonds. The Balaban J connectivity index is 1.49. The zero-order chi connectivity index (χ0) is 28.4. The van der Waals surface area contributed by atoms with E-state index in [0.29, 0.717) is 36.4 Å². The number of carbonyl (C=O) groups is 2. The molecular weight excluding hydrogens is 664 g/mol. The number of amides is 1. The Morgan fingerprint density at radius 1 is 1.07 bits per heavy atom. The molecule has 0 unspecified atom stereocenters. The van der Waals surface area contributed by atoms with Crippen molar-refractivity contribution in [1.82, 2.24) is 10.4 Å². The van der Waals surface area contributed by atoms with Crippen LogP contribution in [0.25, 0.3) is 22.0 Å². The summed E-state index contributed by atoms with van der Waals surface area (Å²) in [6, 6.07) is 19.8.